The molecule has 1 rings (SSSR count). The number of phenols is 1. The van der Waals surface area contributed by atoms with Crippen molar-refractivity contribution in [1.29, 1.82) is 0 Å². The topological polar surface area (TPSA) is 63.3 Å². The Kier molecular flexibility index (Phi) is 5.69. The molecule has 1 aromatic carbocycles. The predicted octanol–water partition coefficient (Wildman–Crippen LogP) is 3.18. The molecule has 0 aromatic heterocycles. The largest absolute Gasteiger partial charge is 0.507 e. The number of hydrogen-bond acceptors (Lipinski definition) is 2. The maximum absolute atomic E-state index is 11.3. The fourth-order valence-electron chi connectivity index (χ4n) is 2.02. The average molecular weight is 249 g/mol. The molecule has 0 saturated carbocycles. The number of rotatable bonds is 7. The van der Waals surface area contributed by atoms with Crippen LogP contribution < -0.4 is 5.73 Å². The maximum Gasteiger partial charge on any atom is 0.248 e. The Labute approximate surface area is 109 Å². The number of phenolic OH excluding ortho intramolecular Hbond substituents is 1. The van der Waals surface area contributed by atoms with Gasteiger partial charge in [-0.1, -0.05) is 26.7 Å². The zero-order chi connectivity index (χ0) is 13.5. The lowest BCUT2D eigenvalue weighted by Crippen LogP contribution is -2.12. The van der Waals surface area contributed by atoms with E-state index in [1.807, 2.05) is 0 Å². The minimum Gasteiger partial charge on any atom is -0.507 e. The van der Waals surface area contributed by atoms with Crippen molar-refractivity contribution in [2.24, 2.45) is 5.73 Å². The summed E-state index contributed by atoms with van der Waals surface area (Å²) in [6.07, 6.45) is 5.71. The molecule has 0 radical (unpaired) electrons. The lowest BCUT2D eigenvalue weighted by molar-refractivity contribution is 0.1000. The van der Waals surface area contributed by atoms with E-state index >= 15 is 0 Å². The summed E-state index contributed by atoms with van der Waals surface area (Å²) in [6, 6.07) is 3.45. The Morgan fingerprint density at radius 1 is 1.11 bits per heavy atom. The van der Waals surface area contributed by atoms with Gasteiger partial charge in [0, 0.05) is 5.56 Å². The molecular formula is C15H23NO2. The average Bonchev–Trinajstić information content (AvgIpc) is 2.35. The molecule has 3 nitrogen and oxygen atoms in total. The van der Waals surface area contributed by atoms with E-state index in [4.69, 9.17) is 5.73 Å². The molecule has 0 atom stereocenters. The highest BCUT2D eigenvalue weighted by molar-refractivity contribution is 5.93. The summed E-state index contributed by atoms with van der Waals surface area (Å²) in [5, 5.41) is 10.2. The van der Waals surface area contributed by atoms with Gasteiger partial charge in [0.1, 0.15) is 5.75 Å². The van der Waals surface area contributed by atoms with Crippen LogP contribution in [0, 0.1) is 0 Å². The van der Waals surface area contributed by atoms with E-state index in [2.05, 4.69) is 13.8 Å². The van der Waals surface area contributed by atoms with E-state index in [9.17, 15) is 9.90 Å². The molecule has 3 heteroatoms. The van der Waals surface area contributed by atoms with Gasteiger partial charge in [-0.25, -0.2) is 0 Å². The highest BCUT2D eigenvalue weighted by Gasteiger charge is 2.12. The van der Waals surface area contributed by atoms with Gasteiger partial charge in [-0.3, -0.25) is 4.79 Å². The molecule has 0 aliphatic carbocycles. The van der Waals surface area contributed by atoms with E-state index in [-0.39, 0.29) is 0 Å². The molecule has 0 heterocycles. The van der Waals surface area contributed by atoms with Gasteiger partial charge in [-0.05, 0) is 48.9 Å². The summed E-state index contributed by atoms with van der Waals surface area (Å²) < 4.78 is 0. The Morgan fingerprint density at radius 2 is 1.56 bits per heavy atom. The Morgan fingerprint density at radius 3 is 1.89 bits per heavy atom. The molecule has 0 fully saturated rings. The smallest absolute Gasteiger partial charge is 0.248 e. The van der Waals surface area contributed by atoms with Gasteiger partial charge >= 0.3 is 0 Å². The lowest BCUT2D eigenvalue weighted by Gasteiger charge is -2.11. The van der Waals surface area contributed by atoms with Gasteiger partial charge in [0.15, 0.2) is 0 Å². The Bertz CT molecular complexity index is 384. The van der Waals surface area contributed by atoms with E-state index < -0.39 is 5.91 Å². The molecule has 1 aromatic rings. The maximum atomic E-state index is 11.3. The number of hydrogen-bond donors (Lipinski definition) is 2. The van der Waals surface area contributed by atoms with Gasteiger partial charge in [0.25, 0.3) is 0 Å². The molecular weight excluding hydrogens is 226 g/mol. The highest BCUT2D eigenvalue weighted by atomic mass is 16.3. The van der Waals surface area contributed by atoms with Crippen LogP contribution in [0.2, 0.25) is 0 Å². The molecule has 18 heavy (non-hydrogen) atoms. The van der Waals surface area contributed by atoms with E-state index in [0.29, 0.717) is 11.3 Å². The Hall–Kier alpha value is -1.51. The minimum absolute atomic E-state index is 0.349. The molecule has 0 spiro atoms. The van der Waals surface area contributed by atoms with Crippen LogP contribution in [-0.2, 0) is 12.8 Å². The zero-order valence-corrected chi connectivity index (χ0v) is 11.3. The van der Waals surface area contributed by atoms with Crippen molar-refractivity contribution in [3.05, 3.63) is 28.8 Å². The van der Waals surface area contributed by atoms with Crippen LogP contribution in [0.4, 0.5) is 0 Å². The van der Waals surface area contributed by atoms with E-state index in [0.717, 1.165) is 49.7 Å². The first-order chi connectivity index (χ1) is 8.60. The standard InChI is InChI=1S/C15H23NO2/c1-3-5-7-11-9-13(15(16)18)10-12(14(11)17)8-6-4-2/h9-10,17H,3-8H2,1-2H3,(H2,16,18). The van der Waals surface area contributed by atoms with Crippen LogP contribution in [-0.4, -0.2) is 11.0 Å². The molecule has 0 unspecified atom stereocenters. The Balaban J connectivity index is 3.07. The predicted molar refractivity (Wildman–Crippen MR) is 73.8 cm³/mol. The third-order valence-corrected chi connectivity index (χ3v) is 3.15. The number of aryl methyl sites for hydroxylation is 2. The summed E-state index contributed by atoms with van der Waals surface area (Å²) in [4.78, 5) is 11.3. The number of aromatic hydroxyl groups is 1. The number of amides is 1. The quantitative estimate of drug-likeness (QED) is 0.779. The van der Waals surface area contributed by atoms with Gasteiger partial charge in [0.2, 0.25) is 5.91 Å². The lowest BCUT2D eigenvalue weighted by atomic mass is 9.97. The van der Waals surface area contributed by atoms with Crippen LogP contribution >= 0.6 is 0 Å². The van der Waals surface area contributed by atoms with Crippen molar-refractivity contribution in [2.45, 2.75) is 52.4 Å². The molecule has 3 N–H and O–H groups in total. The third-order valence-electron chi connectivity index (χ3n) is 3.15. The first kappa shape index (κ1) is 14.6. The molecule has 0 aliphatic heterocycles. The number of primary amides is 1. The number of carbonyl (C=O) groups is 1. The van der Waals surface area contributed by atoms with Crippen molar-refractivity contribution < 1.29 is 9.90 Å². The first-order valence-electron chi connectivity index (χ1n) is 6.74. The number of nitrogens with two attached hydrogens (primary N) is 1. The van der Waals surface area contributed by atoms with Gasteiger partial charge in [-0.2, -0.15) is 0 Å². The fraction of sp³-hybridized carbons (Fsp3) is 0.533. The number of benzene rings is 1. The van der Waals surface area contributed by atoms with Crippen molar-refractivity contribution in [2.75, 3.05) is 0 Å². The molecule has 0 aliphatic rings. The summed E-state index contributed by atoms with van der Waals surface area (Å²) in [5.41, 5.74) is 7.54. The zero-order valence-electron chi connectivity index (χ0n) is 11.3. The molecule has 0 saturated heterocycles. The fourth-order valence-corrected chi connectivity index (χ4v) is 2.02. The van der Waals surface area contributed by atoms with Crippen LogP contribution in [0.15, 0.2) is 12.1 Å². The summed E-state index contributed by atoms with van der Waals surface area (Å²) in [5.74, 6) is -0.0765. The van der Waals surface area contributed by atoms with Gasteiger partial charge in [0.05, 0.1) is 0 Å². The monoisotopic (exact) mass is 249 g/mol. The van der Waals surface area contributed by atoms with Crippen molar-refractivity contribution in [1.82, 2.24) is 0 Å². The highest BCUT2D eigenvalue weighted by Crippen LogP contribution is 2.27. The van der Waals surface area contributed by atoms with Crippen LogP contribution in [0.3, 0.4) is 0 Å². The van der Waals surface area contributed by atoms with Crippen molar-refractivity contribution in [3.8, 4) is 5.75 Å². The molecule has 100 valence electrons. The normalized spacial score (nSPS) is 10.6. The SMILES string of the molecule is CCCCc1cc(C(N)=O)cc(CCCC)c1O. The summed E-state index contributed by atoms with van der Waals surface area (Å²) >= 11 is 0. The second-order valence-corrected chi connectivity index (χ2v) is 4.71. The number of carbonyl (C=O) groups excluding carboxylic acids is 1. The summed E-state index contributed by atoms with van der Waals surface area (Å²) in [7, 11) is 0. The first-order valence-corrected chi connectivity index (χ1v) is 6.74. The number of unbranched alkanes of at least 4 members (excludes halogenated alkanes) is 2. The van der Waals surface area contributed by atoms with Gasteiger partial charge in [-0.15, -0.1) is 0 Å². The third kappa shape index (κ3) is 3.76. The van der Waals surface area contributed by atoms with Crippen LogP contribution in [0.25, 0.3) is 0 Å². The second-order valence-electron chi connectivity index (χ2n) is 4.71. The second kappa shape index (κ2) is 7.04. The molecule has 1 amide bonds. The van der Waals surface area contributed by atoms with Crippen LogP contribution in [0.1, 0.15) is 61.0 Å². The van der Waals surface area contributed by atoms with Gasteiger partial charge < -0.3 is 10.8 Å². The van der Waals surface area contributed by atoms with E-state index in [1.54, 1.807) is 12.1 Å². The van der Waals surface area contributed by atoms with Crippen molar-refractivity contribution >= 4 is 5.91 Å². The molecule has 0 bridgehead atoms. The van der Waals surface area contributed by atoms with Crippen molar-refractivity contribution in [3.63, 3.8) is 0 Å². The summed E-state index contributed by atoms with van der Waals surface area (Å²) in [6.45, 7) is 4.21. The minimum atomic E-state index is -0.425. The van der Waals surface area contributed by atoms with Crippen LogP contribution in [0.5, 0.6) is 5.75 Å². The van der Waals surface area contributed by atoms with E-state index in [1.165, 1.54) is 0 Å².